The van der Waals surface area contributed by atoms with Crippen molar-refractivity contribution in [3.05, 3.63) is 35.4 Å². The lowest BCUT2D eigenvalue weighted by Crippen LogP contribution is -2.29. The molecule has 16 heavy (non-hydrogen) atoms. The molecule has 1 N–H and O–H groups in total. The van der Waals surface area contributed by atoms with Crippen molar-refractivity contribution < 1.29 is 18.3 Å². The van der Waals surface area contributed by atoms with Crippen molar-refractivity contribution in [3.63, 3.8) is 0 Å². The second-order valence-corrected chi connectivity index (χ2v) is 3.28. The molecule has 0 heterocycles. The van der Waals surface area contributed by atoms with Crippen molar-refractivity contribution in [1.29, 1.82) is 0 Å². The van der Waals surface area contributed by atoms with Crippen LogP contribution in [0, 0.1) is 11.6 Å². The molecule has 0 fully saturated rings. The van der Waals surface area contributed by atoms with Crippen LogP contribution in [0.4, 0.5) is 8.78 Å². The monoisotopic (exact) mass is 231 g/mol. The highest BCUT2D eigenvalue weighted by molar-refractivity contribution is 5.17. The quantitative estimate of drug-likeness (QED) is 0.755. The molecule has 0 spiro atoms. The molecule has 3 nitrogen and oxygen atoms in total. The lowest BCUT2D eigenvalue weighted by Gasteiger charge is -2.14. The topological polar surface area (TPSA) is 30.5 Å². The summed E-state index contributed by atoms with van der Waals surface area (Å²) in [5.74, 6) is -1.68. The summed E-state index contributed by atoms with van der Waals surface area (Å²) < 4.78 is 35.4. The minimum atomic E-state index is -0.839. The summed E-state index contributed by atoms with van der Waals surface area (Å²) in [6, 6.07) is 3.80. The molecule has 0 bridgehead atoms. The summed E-state index contributed by atoms with van der Waals surface area (Å²) in [5.41, 5.74) is 0.671. The highest BCUT2D eigenvalue weighted by atomic mass is 19.2. The first-order valence-corrected chi connectivity index (χ1v) is 4.87. The lowest BCUT2D eigenvalue weighted by atomic mass is 10.2. The maximum atomic E-state index is 12.8. The van der Waals surface area contributed by atoms with Gasteiger partial charge in [0, 0.05) is 27.3 Å². The molecule has 0 saturated heterocycles. The Balaban J connectivity index is 2.40. The van der Waals surface area contributed by atoms with Gasteiger partial charge in [-0.15, -0.1) is 0 Å². The van der Waals surface area contributed by atoms with Crippen LogP contribution in [0.1, 0.15) is 5.56 Å². The summed E-state index contributed by atoms with van der Waals surface area (Å²) in [6.07, 6.45) is -0.342. The van der Waals surface area contributed by atoms with Gasteiger partial charge in [0.2, 0.25) is 0 Å². The molecule has 90 valence electrons. The highest BCUT2D eigenvalue weighted by Gasteiger charge is 2.05. The smallest absolute Gasteiger partial charge is 0.169 e. The van der Waals surface area contributed by atoms with Crippen molar-refractivity contribution in [1.82, 2.24) is 5.32 Å². The summed E-state index contributed by atoms with van der Waals surface area (Å²) in [6.45, 7) is 0.909. The fourth-order valence-corrected chi connectivity index (χ4v) is 1.25. The minimum absolute atomic E-state index is 0.342. The number of halogens is 2. The number of hydrogen-bond acceptors (Lipinski definition) is 3. The Morgan fingerprint density at radius 3 is 2.44 bits per heavy atom. The van der Waals surface area contributed by atoms with Gasteiger partial charge in [-0.2, -0.15) is 0 Å². The zero-order valence-corrected chi connectivity index (χ0v) is 9.30. The van der Waals surface area contributed by atoms with Crippen LogP contribution in [0.15, 0.2) is 18.2 Å². The van der Waals surface area contributed by atoms with E-state index in [2.05, 4.69) is 5.32 Å². The van der Waals surface area contributed by atoms with Crippen molar-refractivity contribution >= 4 is 0 Å². The van der Waals surface area contributed by atoms with E-state index in [9.17, 15) is 8.78 Å². The normalized spacial score (nSPS) is 11.1. The van der Waals surface area contributed by atoms with Crippen molar-refractivity contribution in [2.75, 3.05) is 20.8 Å². The van der Waals surface area contributed by atoms with E-state index in [1.165, 1.54) is 20.3 Å². The molecule has 0 amide bonds. The van der Waals surface area contributed by atoms with E-state index < -0.39 is 11.6 Å². The molecule has 1 aromatic carbocycles. The molecule has 0 saturated carbocycles. The molecular weight excluding hydrogens is 216 g/mol. The van der Waals surface area contributed by atoms with Crippen molar-refractivity contribution in [3.8, 4) is 0 Å². The number of rotatable bonds is 6. The average molecular weight is 231 g/mol. The molecule has 0 unspecified atom stereocenters. The molecule has 0 aromatic heterocycles. The highest BCUT2D eigenvalue weighted by Crippen LogP contribution is 2.08. The van der Waals surface area contributed by atoms with Crippen LogP contribution >= 0.6 is 0 Å². The van der Waals surface area contributed by atoms with Crippen molar-refractivity contribution in [2.45, 2.75) is 12.8 Å². The van der Waals surface area contributed by atoms with Crippen LogP contribution in [-0.4, -0.2) is 27.1 Å². The Morgan fingerprint density at radius 2 is 1.88 bits per heavy atom. The number of benzene rings is 1. The van der Waals surface area contributed by atoms with Gasteiger partial charge in [-0.25, -0.2) is 8.78 Å². The third kappa shape index (κ3) is 3.84. The fourth-order valence-electron chi connectivity index (χ4n) is 1.25. The number of nitrogens with one attached hydrogen (secondary N) is 1. The molecular formula is C11H15F2NO2. The third-order valence-electron chi connectivity index (χ3n) is 2.15. The summed E-state index contributed by atoms with van der Waals surface area (Å²) in [4.78, 5) is 0. The molecule has 1 rings (SSSR count). The first kappa shape index (κ1) is 13.0. The SMILES string of the molecule is COC(CNCc1ccc(F)c(F)c1)OC. The molecule has 0 aliphatic carbocycles. The minimum Gasteiger partial charge on any atom is -0.355 e. The Morgan fingerprint density at radius 1 is 1.19 bits per heavy atom. The standard InChI is InChI=1S/C11H15F2NO2/c1-15-11(16-2)7-14-6-8-3-4-9(12)10(13)5-8/h3-5,11,14H,6-7H2,1-2H3. The number of ether oxygens (including phenoxy) is 2. The van der Waals surface area contributed by atoms with Crippen LogP contribution in [0.3, 0.4) is 0 Å². The van der Waals surface area contributed by atoms with Gasteiger partial charge >= 0.3 is 0 Å². The summed E-state index contributed by atoms with van der Waals surface area (Å²) >= 11 is 0. The average Bonchev–Trinajstić information content (AvgIpc) is 2.29. The summed E-state index contributed by atoms with van der Waals surface area (Å²) in [5, 5.41) is 3.01. The van der Waals surface area contributed by atoms with Gasteiger partial charge in [0.1, 0.15) is 0 Å². The Bertz CT molecular complexity index is 330. The van der Waals surface area contributed by atoms with Gasteiger partial charge in [-0.1, -0.05) is 6.07 Å². The van der Waals surface area contributed by atoms with Gasteiger partial charge in [-0.05, 0) is 17.7 Å². The zero-order valence-electron chi connectivity index (χ0n) is 9.30. The van der Waals surface area contributed by atoms with Gasteiger partial charge in [-0.3, -0.25) is 0 Å². The fraction of sp³-hybridized carbons (Fsp3) is 0.455. The van der Waals surface area contributed by atoms with E-state index in [-0.39, 0.29) is 6.29 Å². The molecule has 0 aliphatic heterocycles. The van der Waals surface area contributed by atoms with E-state index in [4.69, 9.17) is 9.47 Å². The van der Waals surface area contributed by atoms with Gasteiger partial charge < -0.3 is 14.8 Å². The van der Waals surface area contributed by atoms with Gasteiger partial charge in [0.05, 0.1) is 0 Å². The molecule has 0 atom stereocenters. The number of hydrogen-bond donors (Lipinski definition) is 1. The maximum Gasteiger partial charge on any atom is 0.169 e. The molecule has 5 heteroatoms. The predicted molar refractivity (Wildman–Crippen MR) is 55.9 cm³/mol. The largest absolute Gasteiger partial charge is 0.355 e. The third-order valence-corrected chi connectivity index (χ3v) is 2.15. The first-order chi connectivity index (χ1) is 7.67. The van der Waals surface area contributed by atoms with Gasteiger partial charge in [0.15, 0.2) is 17.9 Å². The number of methoxy groups -OCH3 is 2. The van der Waals surface area contributed by atoms with E-state index in [1.54, 1.807) is 0 Å². The van der Waals surface area contributed by atoms with Crippen LogP contribution in [0.2, 0.25) is 0 Å². The first-order valence-electron chi connectivity index (χ1n) is 4.87. The second kappa shape index (κ2) is 6.52. The van der Waals surface area contributed by atoms with E-state index in [0.29, 0.717) is 18.7 Å². The van der Waals surface area contributed by atoms with Crippen molar-refractivity contribution in [2.24, 2.45) is 0 Å². The zero-order chi connectivity index (χ0) is 12.0. The second-order valence-electron chi connectivity index (χ2n) is 3.28. The van der Waals surface area contributed by atoms with Crippen LogP contribution in [-0.2, 0) is 16.0 Å². The van der Waals surface area contributed by atoms with Crippen LogP contribution in [0.5, 0.6) is 0 Å². The Hall–Kier alpha value is -1.04. The Labute approximate surface area is 93.4 Å². The molecule has 0 radical (unpaired) electrons. The van der Waals surface area contributed by atoms with E-state index in [0.717, 1.165) is 12.1 Å². The molecule has 1 aromatic rings. The summed E-state index contributed by atoms with van der Waals surface area (Å²) in [7, 11) is 3.07. The van der Waals surface area contributed by atoms with Gasteiger partial charge in [0.25, 0.3) is 0 Å². The van der Waals surface area contributed by atoms with Crippen LogP contribution in [0.25, 0.3) is 0 Å². The lowest BCUT2D eigenvalue weighted by molar-refractivity contribution is -0.0989. The van der Waals surface area contributed by atoms with E-state index in [1.807, 2.05) is 0 Å². The Kier molecular flexibility index (Phi) is 5.31. The van der Waals surface area contributed by atoms with Crippen LogP contribution < -0.4 is 5.32 Å². The molecule has 0 aliphatic rings. The predicted octanol–water partition coefficient (Wildman–Crippen LogP) is 1.67. The maximum absolute atomic E-state index is 12.8. The van der Waals surface area contributed by atoms with E-state index >= 15 is 0 Å².